The molecule has 0 aliphatic heterocycles. The van der Waals surface area contributed by atoms with Crippen LogP contribution in [0.3, 0.4) is 0 Å². The zero-order valence-electron chi connectivity index (χ0n) is 27.2. The third-order valence-electron chi connectivity index (χ3n) is 8.34. The van der Waals surface area contributed by atoms with Crippen LogP contribution < -0.4 is 0 Å². The average Bonchev–Trinajstić information content (AvgIpc) is 2.97. The van der Waals surface area contributed by atoms with Crippen LogP contribution in [0.15, 0.2) is 90.8 Å². The lowest BCUT2D eigenvalue weighted by atomic mass is 9.84. The fraction of sp³-hybridized carbons (Fsp3) is 0.400. The second-order valence-electron chi connectivity index (χ2n) is 12.3. The maximum absolute atomic E-state index is 13.5. The summed E-state index contributed by atoms with van der Waals surface area (Å²) in [6, 6.07) is 23.9. The van der Waals surface area contributed by atoms with Crippen LogP contribution in [-0.4, -0.2) is 10.8 Å². The lowest BCUT2D eigenvalue weighted by Gasteiger charge is -2.20. The lowest BCUT2D eigenvalue weighted by molar-refractivity contribution is -0.120. The summed E-state index contributed by atoms with van der Waals surface area (Å²) in [5.41, 5.74) is 8.80. The molecule has 2 heteroatoms. The highest BCUT2D eigenvalue weighted by Crippen LogP contribution is 2.26. The molecule has 2 unspecified atom stereocenters. The van der Waals surface area contributed by atoms with E-state index >= 15 is 0 Å². The van der Waals surface area contributed by atoms with Crippen molar-refractivity contribution in [2.45, 2.75) is 87.5 Å². The maximum atomic E-state index is 13.5. The molecule has 0 aliphatic rings. The van der Waals surface area contributed by atoms with Crippen molar-refractivity contribution in [3.63, 3.8) is 0 Å². The molecule has 2 nitrogen and oxygen atoms in total. The van der Waals surface area contributed by atoms with Crippen LogP contribution in [-0.2, 0) is 30.5 Å². The predicted molar refractivity (Wildman–Crippen MR) is 181 cm³/mol. The molecule has 42 heavy (non-hydrogen) atoms. The van der Waals surface area contributed by atoms with Crippen molar-refractivity contribution in [1.82, 2.24) is 4.98 Å². The lowest BCUT2D eigenvalue weighted by Crippen LogP contribution is -2.19. The van der Waals surface area contributed by atoms with E-state index in [1.165, 1.54) is 45.0 Å². The zero-order valence-corrected chi connectivity index (χ0v) is 27.2. The monoisotopic (exact) mass is 561 g/mol. The van der Waals surface area contributed by atoms with Crippen LogP contribution in [0.25, 0.3) is 10.8 Å². The maximum Gasteiger partial charge on any atom is 0.144 e. The number of hydrogen-bond donors (Lipinski definition) is 0. The minimum Gasteiger partial charge on any atom is -0.299 e. The van der Waals surface area contributed by atoms with Crippen molar-refractivity contribution in [3.05, 3.63) is 124 Å². The van der Waals surface area contributed by atoms with Gasteiger partial charge in [-0.2, -0.15) is 0 Å². The van der Waals surface area contributed by atoms with Gasteiger partial charge in [0.25, 0.3) is 0 Å². The molecule has 0 amide bonds. The van der Waals surface area contributed by atoms with E-state index in [0.717, 1.165) is 30.4 Å². The van der Waals surface area contributed by atoms with E-state index in [0.29, 0.717) is 18.3 Å². The molecule has 0 N–H and O–H groups in total. The molecule has 222 valence electrons. The molecule has 0 saturated carbocycles. The van der Waals surface area contributed by atoms with E-state index in [1.807, 2.05) is 12.3 Å². The summed E-state index contributed by atoms with van der Waals surface area (Å²) in [4.78, 5) is 17.8. The number of pyridine rings is 1. The number of ketones is 1. The van der Waals surface area contributed by atoms with E-state index in [4.69, 9.17) is 0 Å². The van der Waals surface area contributed by atoms with Gasteiger partial charge in [-0.15, -0.1) is 0 Å². The number of aromatic nitrogens is 1. The largest absolute Gasteiger partial charge is 0.299 e. The molecule has 4 rings (SSSR count). The number of rotatable bonds is 11. The van der Waals surface area contributed by atoms with Gasteiger partial charge in [-0.25, -0.2) is 0 Å². The number of Topliss-reactive ketones (excluding diaryl/α,β-unsaturated/α-hetero) is 1. The van der Waals surface area contributed by atoms with Crippen LogP contribution in [0.2, 0.25) is 0 Å². The highest BCUT2D eigenvalue weighted by Gasteiger charge is 2.20. The summed E-state index contributed by atoms with van der Waals surface area (Å²) in [6.07, 6.45) is 10.5. The Morgan fingerprint density at radius 3 is 2.14 bits per heavy atom. The van der Waals surface area contributed by atoms with Gasteiger partial charge < -0.3 is 0 Å². The minimum atomic E-state index is -0.127. The van der Waals surface area contributed by atoms with Crippen LogP contribution in [0.4, 0.5) is 0 Å². The molecule has 0 aliphatic carbocycles. The Balaban J connectivity index is 0.00000155. The van der Waals surface area contributed by atoms with Crippen molar-refractivity contribution in [1.29, 1.82) is 0 Å². The van der Waals surface area contributed by atoms with Crippen molar-refractivity contribution in [2.24, 2.45) is 17.8 Å². The van der Waals surface area contributed by atoms with Gasteiger partial charge in [-0.3, -0.25) is 9.78 Å². The molecule has 0 fully saturated rings. The highest BCUT2D eigenvalue weighted by molar-refractivity contribution is 5.87. The first kappa shape index (κ1) is 33.0. The van der Waals surface area contributed by atoms with Gasteiger partial charge in [0, 0.05) is 24.7 Å². The standard InChI is InChI=1S/C37H43NO.C3H8/c1-25(2)26(3)18-35(22-32-12-9-17-38-24-32)29(6)37(39)23-31-11-7-10-30(21-31)15-16-33-13-8-14-34-19-27(4)28(5)20-36(33)34;1-3-2/h7-14,17-21,24-26,29H,15-16,22-23H2,1-6H3;3H2,1-2H3/b35-18+;. The number of aryl methyl sites for hydroxylation is 4. The number of carbonyl (C=O) groups excluding carboxylic acids is 1. The molecule has 2 atom stereocenters. The normalized spacial score (nSPS) is 13.0. The van der Waals surface area contributed by atoms with Crippen LogP contribution in [0.1, 0.15) is 81.3 Å². The molecule has 0 bridgehead atoms. The topological polar surface area (TPSA) is 30.0 Å². The van der Waals surface area contributed by atoms with Crippen molar-refractivity contribution in [3.8, 4) is 0 Å². The van der Waals surface area contributed by atoms with E-state index in [1.54, 1.807) is 6.20 Å². The molecule has 0 radical (unpaired) electrons. The first-order chi connectivity index (χ1) is 20.1. The Kier molecular flexibility index (Phi) is 12.7. The Morgan fingerprint density at radius 1 is 0.786 bits per heavy atom. The molecule has 3 aromatic carbocycles. The summed E-state index contributed by atoms with van der Waals surface area (Å²) in [7, 11) is 0. The molecule has 0 spiro atoms. The van der Waals surface area contributed by atoms with Gasteiger partial charge in [0.05, 0.1) is 0 Å². The molecular formula is C40H51NO. The molecular weight excluding hydrogens is 510 g/mol. The SMILES string of the molecule is CCC.Cc1cc2cccc(CCc3cccc(CC(=O)C(C)/C(=C/C(C)C(C)C)Cc4cccnc4)c3)c2cc1C. The Bertz CT molecular complexity index is 1460. The quantitative estimate of drug-likeness (QED) is 0.171. The second-order valence-corrected chi connectivity index (χ2v) is 12.3. The first-order valence-corrected chi connectivity index (χ1v) is 15.8. The summed E-state index contributed by atoms with van der Waals surface area (Å²) in [5, 5.41) is 2.66. The number of allylic oxidation sites excluding steroid dienone is 2. The number of carbonyl (C=O) groups is 1. The Labute approximate surface area is 255 Å². The van der Waals surface area contributed by atoms with Crippen molar-refractivity contribution >= 4 is 16.6 Å². The van der Waals surface area contributed by atoms with Gasteiger partial charge in [0.15, 0.2) is 0 Å². The smallest absolute Gasteiger partial charge is 0.144 e. The third-order valence-corrected chi connectivity index (χ3v) is 8.34. The fourth-order valence-corrected chi connectivity index (χ4v) is 5.19. The Morgan fingerprint density at radius 2 is 1.45 bits per heavy atom. The highest BCUT2D eigenvalue weighted by atomic mass is 16.1. The molecule has 1 aromatic heterocycles. The minimum absolute atomic E-state index is 0.127. The number of nitrogens with zero attached hydrogens (tertiary/aromatic N) is 1. The molecule has 1 heterocycles. The summed E-state index contributed by atoms with van der Waals surface area (Å²) in [6.45, 7) is 17.4. The van der Waals surface area contributed by atoms with E-state index in [-0.39, 0.29) is 11.7 Å². The summed E-state index contributed by atoms with van der Waals surface area (Å²) < 4.78 is 0. The second kappa shape index (κ2) is 16.2. The number of fused-ring (bicyclic) bond motifs is 1. The predicted octanol–water partition coefficient (Wildman–Crippen LogP) is 10.3. The fourth-order valence-electron chi connectivity index (χ4n) is 5.19. The molecule has 4 aromatic rings. The van der Waals surface area contributed by atoms with Gasteiger partial charge >= 0.3 is 0 Å². The first-order valence-electron chi connectivity index (χ1n) is 15.8. The zero-order chi connectivity index (χ0) is 30.6. The average molecular weight is 562 g/mol. The number of benzene rings is 3. The summed E-state index contributed by atoms with van der Waals surface area (Å²) >= 11 is 0. The van der Waals surface area contributed by atoms with Crippen LogP contribution >= 0.6 is 0 Å². The third kappa shape index (κ3) is 9.51. The van der Waals surface area contributed by atoms with E-state index in [2.05, 4.69) is 127 Å². The van der Waals surface area contributed by atoms with E-state index < -0.39 is 0 Å². The van der Waals surface area contributed by atoms with Crippen LogP contribution in [0, 0.1) is 31.6 Å². The van der Waals surface area contributed by atoms with Gasteiger partial charge in [0.1, 0.15) is 5.78 Å². The van der Waals surface area contributed by atoms with Gasteiger partial charge in [-0.1, -0.05) is 120 Å². The van der Waals surface area contributed by atoms with Crippen molar-refractivity contribution < 1.29 is 4.79 Å². The summed E-state index contributed by atoms with van der Waals surface area (Å²) in [5.74, 6) is 1.09. The van der Waals surface area contributed by atoms with Gasteiger partial charge in [0.2, 0.25) is 0 Å². The Hall–Kier alpha value is -3.52. The van der Waals surface area contributed by atoms with Crippen molar-refractivity contribution in [2.75, 3.05) is 0 Å². The molecule has 0 saturated heterocycles. The van der Waals surface area contributed by atoms with Crippen LogP contribution in [0.5, 0.6) is 0 Å². The number of hydrogen-bond acceptors (Lipinski definition) is 2. The van der Waals surface area contributed by atoms with E-state index in [9.17, 15) is 4.79 Å². The van der Waals surface area contributed by atoms with Gasteiger partial charge in [-0.05, 0) is 95.2 Å².